The summed E-state index contributed by atoms with van der Waals surface area (Å²) >= 11 is 8.21. The molecule has 6 heteroatoms. The average Bonchev–Trinajstić information content (AvgIpc) is 2.71. The zero-order valence-corrected chi connectivity index (χ0v) is 15.7. The molecule has 3 nitrogen and oxygen atoms in total. The maximum atomic E-state index is 11.6. The molecule has 0 saturated carbocycles. The van der Waals surface area contributed by atoms with Crippen molar-refractivity contribution in [1.29, 1.82) is 0 Å². The van der Waals surface area contributed by atoms with Gasteiger partial charge in [0.25, 0.3) is 0 Å². The van der Waals surface area contributed by atoms with E-state index >= 15 is 0 Å². The smallest absolute Gasteiger partial charge is 0.306 e. The van der Waals surface area contributed by atoms with E-state index in [9.17, 15) is 4.79 Å². The van der Waals surface area contributed by atoms with Gasteiger partial charge in [0, 0.05) is 33.1 Å². The summed E-state index contributed by atoms with van der Waals surface area (Å²) in [6.45, 7) is 4.22. The molecule has 3 rings (SSSR count). The van der Waals surface area contributed by atoms with Crippen molar-refractivity contribution in [3.05, 3.63) is 33.2 Å². The number of hydrogen-bond acceptors (Lipinski definition) is 4. The minimum absolute atomic E-state index is 0. The molecule has 0 radical (unpaired) electrons. The number of esters is 1. The molecule has 0 unspecified atom stereocenters. The SMILES string of the molecule is CCOC(=O)CCc1sc2ccc(Cl)c3c2c1CN(C)CC3.Cl. The second-order valence-corrected chi connectivity index (χ2v) is 7.24. The first-order chi connectivity index (χ1) is 10.6. The predicted molar refractivity (Wildman–Crippen MR) is 99.1 cm³/mol. The normalized spacial score (nSPS) is 14.4. The van der Waals surface area contributed by atoms with Crippen molar-refractivity contribution in [3.8, 4) is 0 Å². The summed E-state index contributed by atoms with van der Waals surface area (Å²) in [5.74, 6) is -0.118. The summed E-state index contributed by atoms with van der Waals surface area (Å²) in [7, 11) is 2.14. The van der Waals surface area contributed by atoms with Crippen molar-refractivity contribution < 1.29 is 9.53 Å². The van der Waals surface area contributed by atoms with E-state index in [-0.39, 0.29) is 18.4 Å². The Balaban J connectivity index is 0.00000192. The van der Waals surface area contributed by atoms with Gasteiger partial charge in [0.15, 0.2) is 0 Å². The number of aryl methyl sites for hydroxylation is 1. The van der Waals surface area contributed by atoms with Gasteiger partial charge < -0.3 is 9.64 Å². The van der Waals surface area contributed by atoms with Gasteiger partial charge in [0.05, 0.1) is 13.0 Å². The number of ether oxygens (including phenoxy) is 1. The number of nitrogens with zero attached hydrogens (tertiary/aromatic N) is 1. The molecule has 0 spiro atoms. The van der Waals surface area contributed by atoms with Crippen LogP contribution >= 0.6 is 35.3 Å². The first-order valence-electron chi connectivity index (χ1n) is 7.66. The third-order valence-corrected chi connectivity index (χ3v) is 5.73. The van der Waals surface area contributed by atoms with Gasteiger partial charge in [-0.15, -0.1) is 23.7 Å². The van der Waals surface area contributed by atoms with Gasteiger partial charge in [-0.3, -0.25) is 4.79 Å². The van der Waals surface area contributed by atoms with Crippen LogP contribution in [0.5, 0.6) is 0 Å². The molecule has 126 valence electrons. The number of halogens is 2. The zero-order valence-electron chi connectivity index (χ0n) is 13.4. The predicted octanol–water partition coefficient (Wildman–Crippen LogP) is 4.46. The van der Waals surface area contributed by atoms with E-state index in [0.717, 1.165) is 31.0 Å². The largest absolute Gasteiger partial charge is 0.466 e. The third-order valence-electron chi connectivity index (χ3n) is 4.12. The minimum atomic E-state index is -0.118. The molecular formula is C17H21Cl2NO2S. The summed E-state index contributed by atoms with van der Waals surface area (Å²) in [4.78, 5) is 15.3. The molecule has 1 aliphatic heterocycles. The Hall–Kier alpha value is -0.810. The van der Waals surface area contributed by atoms with E-state index in [1.165, 1.54) is 26.1 Å². The summed E-state index contributed by atoms with van der Waals surface area (Å²) in [6, 6.07) is 4.11. The van der Waals surface area contributed by atoms with E-state index in [1.54, 1.807) is 11.3 Å². The third kappa shape index (κ3) is 3.82. The number of likely N-dealkylation sites (N-methyl/N-ethyl adjacent to an activating group) is 1. The molecule has 0 fully saturated rings. The lowest BCUT2D eigenvalue weighted by atomic mass is 10.0. The number of rotatable bonds is 4. The molecule has 0 amide bonds. The topological polar surface area (TPSA) is 29.5 Å². The number of hydrogen-bond donors (Lipinski definition) is 0. The van der Waals surface area contributed by atoms with E-state index in [4.69, 9.17) is 16.3 Å². The quantitative estimate of drug-likeness (QED) is 0.740. The van der Waals surface area contributed by atoms with E-state index < -0.39 is 0 Å². The highest BCUT2D eigenvalue weighted by atomic mass is 35.5. The summed E-state index contributed by atoms with van der Waals surface area (Å²) in [5, 5.41) is 2.18. The van der Waals surface area contributed by atoms with Crippen molar-refractivity contribution in [2.75, 3.05) is 20.2 Å². The van der Waals surface area contributed by atoms with Crippen LogP contribution in [0.3, 0.4) is 0 Å². The Morgan fingerprint density at radius 3 is 2.91 bits per heavy atom. The Labute approximate surface area is 152 Å². The summed E-state index contributed by atoms with van der Waals surface area (Å²) < 4.78 is 6.33. The molecule has 0 atom stereocenters. The maximum absolute atomic E-state index is 11.6. The number of carbonyl (C=O) groups is 1. The Morgan fingerprint density at radius 2 is 2.17 bits per heavy atom. The van der Waals surface area contributed by atoms with Crippen molar-refractivity contribution in [1.82, 2.24) is 4.90 Å². The zero-order chi connectivity index (χ0) is 15.7. The van der Waals surface area contributed by atoms with Gasteiger partial charge in [0.2, 0.25) is 0 Å². The van der Waals surface area contributed by atoms with Gasteiger partial charge in [-0.1, -0.05) is 11.6 Å². The fourth-order valence-electron chi connectivity index (χ4n) is 3.06. The molecule has 0 saturated heterocycles. The van der Waals surface area contributed by atoms with Crippen LogP contribution in [0, 0.1) is 0 Å². The standard InChI is InChI=1S/C17H20ClNO2S.ClH/c1-3-21-16(20)7-6-14-12-10-19(2)9-8-11-13(18)4-5-15(22-14)17(11)12;/h4-5H,3,6-10H2,1-2H3;1H. The van der Waals surface area contributed by atoms with Gasteiger partial charge in [-0.25, -0.2) is 0 Å². The summed E-state index contributed by atoms with van der Waals surface area (Å²) in [6.07, 6.45) is 2.17. The summed E-state index contributed by atoms with van der Waals surface area (Å²) in [5.41, 5.74) is 2.61. The molecule has 2 heterocycles. The van der Waals surface area contributed by atoms with Gasteiger partial charge in [0.1, 0.15) is 0 Å². The second-order valence-electron chi connectivity index (χ2n) is 5.70. The minimum Gasteiger partial charge on any atom is -0.466 e. The van der Waals surface area contributed by atoms with E-state index in [0.29, 0.717) is 13.0 Å². The fourth-order valence-corrected chi connectivity index (χ4v) is 4.56. The Morgan fingerprint density at radius 1 is 1.39 bits per heavy atom. The van der Waals surface area contributed by atoms with Crippen LogP contribution in [0.25, 0.3) is 10.1 Å². The molecule has 0 N–H and O–H groups in total. The van der Waals surface area contributed by atoms with Crippen LogP contribution in [0.1, 0.15) is 29.3 Å². The first kappa shape index (κ1) is 18.5. The van der Waals surface area contributed by atoms with E-state index in [2.05, 4.69) is 18.0 Å². The van der Waals surface area contributed by atoms with Crippen LogP contribution in [-0.2, 0) is 28.9 Å². The highest BCUT2D eigenvalue weighted by Gasteiger charge is 2.22. The lowest BCUT2D eigenvalue weighted by Gasteiger charge is -2.14. The van der Waals surface area contributed by atoms with E-state index in [1.807, 2.05) is 13.0 Å². The number of carbonyl (C=O) groups excluding carboxylic acids is 1. The lowest BCUT2D eigenvalue weighted by molar-refractivity contribution is -0.143. The van der Waals surface area contributed by atoms with Gasteiger partial charge in [-0.2, -0.15) is 0 Å². The first-order valence-corrected chi connectivity index (χ1v) is 8.85. The van der Waals surface area contributed by atoms with Crippen LogP contribution in [0.4, 0.5) is 0 Å². The molecule has 1 aromatic heterocycles. The molecule has 2 aromatic rings. The maximum Gasteiger partial charge on any atom is 0.306 e. The molecule has 0 bridgehead atoms. The second kappa shape index (κ2) is 7.84. The van der Waals surface area contributed by atoms with Crippen LogP contribution in [-0.4, -0.2) is 31.1 Å². The van der Waals surface area contributed by atoms with Crippen molar-refractivity contribution in [3.63, 3.8) is 0 Å². The monoisotopic (exact) mass is 373 g/mol. The fraction of sp³-hybridized carbons (Fsp3) is 0.471. The molecular weight excluding hydrogens is 353 g/mol. The average molecular weight is 374 g/mol. The van der Waals surface area contributed by atoms with Gasteiger partial charge in [-0.05, 0) is 50.1 Å². The number of benzene rings is 1. The van der Waals surface area contributed by atoms with Crippen molar-refractivity contribution in [2.45, 2.75) is 32.7 Å². The Kier molecular flexibility index (Phi) is 6.32. The molecule has 1 aromatic carbocycles. The molecule has 1 aliphatic rings. The molecule has 0 aliphatic carbocycles. The van der Waals surface area contributed by atoms with Crippen LogP contribution in [0.15, 0.2) is 12.1 Å². The Bertz CT molecular complexity index is 714. The van der Waals surface area contributed by atoms with Crippen LogP contribution in [0.2, 0.25) is 5.02 Å². The highest BCUT2D eigenvalue weighted by molar-refractivity contribution is 7.19. The van der Waals surface area contributed by atoms with Gasteiger partial charge >= 0.3 is 5.97 Å². The highest BCUT2D eigenvalue weighted by Crippen LogP contribution is 2.39. The van der Waals surface area contributed by atoms with Crippen LogP contribution < -0.4 is 0 Å². The number of thiophene rings is 1. The van der Waals surface area contributed by atoms with Crippen molar-refractivity contribution in [2.24, 2.45) is 0 Å². The lowest BCUT2D eigenvalue weighted by Crippen LogP contribution is -2.19. The molecule has 23 heavy (non-hydrogen) atoms. The van der Waals surface area contributed by atoms with Crippen molar-refractivity contribution >= 4 is 51.4 Å².